The van der Waals surface area contributed by atoms with Gasteiger partial charge in [-0.15, -0.1) is 11.3 Å². The molecule has 0 spiro atoms. The van der Waals surface area contributed by atoms with E-state index >= 15 is 0 Å². The van der Waals surface area contributed by atoms with E-state index in [2.05, 4.69) is 10.3 Å². The van der Waals surface area contributed by atoms with Gasteiger partial charge < -0.3 is 10.2 Å². The Kier molecular flexibility index (Phi) is 3.86. The fourth-order valence-corrected chi connectivity index (χ4v) is 3.34. The predicted molar refractivity (Wildman–Crippen MR) is 78.2 cm³/mol. The Bertz CT molecular complexity index is 536. The summed E-state index contributed by atoms with van der Waals surface area (Å²) in [7, 11) is 0. The van der Waals surface area contributed by atoms with Gasteiger partial charge in [0.1, 0.15) is 11.6 Å². The van der Waals surface area contributed by atoms with Crippen molar-refractivity contribution in [3.05, 3.63) is 16.1 Å². The minimum Gasteiger partial charge on any atom is -0.340 e. The van der Waals surface area contributed by atoms with Crippen molar-refractivity contribution in [1.29, 1.82) is 0 Å². The first kappa shape index (κ1) is 15.0. The van der Waals surface area contributed by atoms with Gasteiger partial charge in [0.05, 0.1) is 11.6 Å². The van der Waals surface area contributed by atoms with Gasteiger partial charge in [-0.2, -0.15) is 0 Å². The number of rotatable bonds is 3. The second-order valence-corrected chi connectivity index (χ2v) is 7.40. The van der Waals surface area contributed by atoms with E-state index in [4.69, 9.17) is 0 Å². The fraction of sp³-hybridized carbons (Fsp3) is 0.643. The van der Waals surface area contributed by atoms with E-state index < -0.39 is 11.6 Å². The number of nitrogens with zero attached hydrogens (tertiary/aromatic N) is 2. The second-order valence-electron chi connectivity index (χ2n) is 6.08. The predicted octanol–water partition coefficient (Wildman–Crippen LogP) is 1.71. The molecule has 2 heterocycles. The third kappa shape index (κ3) is 2.70. The zero-order chi connectivity index (χ0) is 15.1. The standard InChI is InChI=1S/C14H21N3O2S/c1-8(2)11-12(18)16-14(4,5)13(19)17(11)7-10-6-15-9(3)20-10/h6,8,11H,7H2,1-5H3,(H,16,18). The Hall–Kier alpha value is -1.43. The van der Waals surface area contributed by atoms with Crippen molar-refractivity contribution in [3.63, 3.8) is 0 Å². The van der Waals surface area contributed by atoms with E-state index in [-0.39, 0.29) is 17.7 Å². The average Bonchev–Trinajstić information content (AvgIpc) is 2.70. The lowest BCUT2D eigenvalue weighted by Crippen LogP contribution is -2.68. The second kappa shape index (κ2) is 5.16. The van der Waals surface area contributed by atoms with Crippen LogP contribution in [0.5, 0.6) is 0 Å². The Morgan fingerprint density at radius 3 is 2.60 bits per heavy atom. The number of aromatic nitrogens is 1. The van der Waals surface area contributed by atoms with Crippen LogP contribution in [-0.2, 0) is 16.1 Å². The van der Waals surface area contributed by atoms with Gasteiger partial charge in [0.2, 0.25) is 11.8 Å². The normalized spacial score (nSPS) is 22.3. The van der Waals surface area contributed by atoms with E-state index in [9.17, 15) is 9.59 Å². The van der Waals surface area contributed by atoms with Crippen molar-refractivity contribution in [1.82, 2.24) is 15.2 Å². The van der Waals surface area contributed by atoms with Crippen molar-refractivity contribution in [3.8, 4) is 0 Å². The molecule has 0 bridgehead atoms. The van der Waals surface area contributed by atoms with Crippen molar-refractivity contribution < 1.29 is 9.59 Å². The number of piperazine rings is 1. The molecule has 1 fully saturated rings. The number of hydrogen-bond acceptors (Lipinski definition) is 4. The third-order valence-corrected chi connectivity index (χ3v) is 4.36. The number of aryl methyl sites for hydroxylation is 1. The molecule has 1 aliphatic rings. The lowest BCUT2D eigenvalue weighted by molar-refractivity contribution is -0.156. The Balaban J connectivity index is 2.32. The van der Waals surface area contributed by atoms with Gasteiger partial charge in [0, 0.05) is 11.1 Å². The monoisotopic (exact) mass is 295 g/mol. The van der Waals surface area contributed by atoms with E-state index in [1.54, 1.807) is 36.3 Å². The average molecular weight is 295 g/mol. The summed E-state index contributed by atoms with van der Waals surface area (Å²) >= 11 is 1.56. The minimum absolute atomic E-state index is 0.0400. The molecule has 110 valence electrons. The van der Waals surface area contributed by atoms with E-state index in [0.717, 1.165) is 9.88 Å². The van der Waals surface area contributed by atoms with Crippen molar-refractivity contribution >= 4 is 23.2 Å². The summed E-state index contributed by atoms with van der Waals surface area (Å²) in [6.45, 7) is 9.79. The van der Waals surface area contributed by atoms with Crippen LogP contribution < -0.4 is 5.32 Å². The molecule has 2 amide bonds. The van der Waals surface area contributed by atoms with Crippen molar-refractivity contribution in [2.24, 2.45) is 5.92 Å². The Morgan fingerprint density at radius 2 is 2.10 bits per heavy atom. The highest BCUT2D eigenvalue weighted by Crippen LogP contribution is 2.26. The molecule has 5 nitrogen and oxygen atoms in total. The largest absolute Gasteiger partial charge is 0.340 e. The zero-order valence-electron chi connectivity index (χ0n) is 12.6. The fourth-order valence-electron chi connectivity index (χ4n) is 2.54. The summed E-state index contributed by atoms with van der Waals surface area (Å²) in [4.78, 5) is 31.8. The molecular weight excluding hydrogens is 274 g/mol. The first-order chi connectivity index (χ1) is 9.22. The van der Waals surface area contributed by atoms with Gasteiger partial charge in [-0.1, -0.05) is 13.8 Å². The van der Waals surface area contributed by atoms with Crippen LogP contribution in [0.25, 0.3) is 0 Å². The smallest absolute Gasteiger partial charge is 0.248 e. The van der Waals surface area contributed by atoms with Crippen LogP contribution in [0.3, 0.4) is 0 Å². The van der Waals surface area contributed by atoms with Crippen LogP contribution in [0.15, 0.2) is 6.20 Å². The minimum atomic E-state index is -0.845. The molecule has 0 aromatic carbocycles. The van der Waals surface area contributed by atoms with Crippen LogP contribution in [0.2, 0.25) is 0 Å². The molecule has 0 saturated carbocycles. The summed E-state index contributed by atoms with van der Waals surface area (Å²) in [5.74, 6) is -0.0447. The van der Waals surface area contributed by atoms with Crippen LogP contribution in [0.1, 0.15) is 37.6 Å². The first-order valence-corrected chi connectivity index (χ1v) is 7.58. The zero-order valence-corrected chi connectivity index (χ0v) is 13.4. The topological polar surface area (TPSA) is 62.3 Å². The number of carbonyl (C=O) groups excluding carboxylic acids is 2. The maximum atomic E-state index is 12.6. The molecule has 2 rings (SSSR count). The van der Waals surface area contributed by atoms with Gasteiger partial charge in [-0.25, -0.2) is 4.98 Å². The maximum absolute atomic E-state index is 12.6. The highest BCUT2D eigenvalue weighted by atomic mass is 32.1. The summed E-state index contributed by atoms with van der Waals surface area (Å²) in [5, 5.41) is 3.78. The summed E-state index contributed by atoms with van der Waals surface area (Å²) in [6, 6.07) is -0.419. The van der Waals surface area contributed by atoms with Crippen LogP contribution in [-0.4, -0.2) is 33.3 Å². The lowest BCUT2D eigenvalue weighted by Gasteiger charge is -2.44. The van der Waals surface area contributed by atoms with Crippen LogP contribution >= 0.6 is 11.3 Å². The number of carbonyl (C=O) groups is 2. The summed E-state index contributed by atoms with van der Waals surface area (Å²) < 4.78 is 0. The van der Waals surface area contributed by atoms with Crippen molar-refractivity contribution in [2.75, 3.05) is 0 Å². The molecule has 1 aliphatic heterocycles. The molecule has 20 heavy (non-hydrogen) atoms. The van der Waals surface area contributed by atoms with Crippen molar-refractivity contribution in [2.45, 2.75) is 52.7 Å². The Labute approximate surface area is 123 Å². The quantitative estimate of drug-likeness (QED) is 0.923. The van der Waals surface area contributed by atoms with E-state index in [1.807, 2.05) is 20.8 Å². The molecule has 6 heteroatoms. The summed E-state index contributed by atoms with van der Waals surface area (Å²) in [5.41, 5.74) is -0.845. The molecule has 1 aromatic heterocycles. The number of nitrogens with one attached hydrogen (secondary N) is 1. The third-order valence-electron chi connectivity index (χ3n) is 3.46. The molecule has 1 N–H and O–H groups in total. The number of amides is 2. The van der Waals surface area contributed by atoms with Gasteiger partial charge in [0.15, 0.2) is 0 Å². The molecule has 1 saturated heterocycles. The van der Waals surface area contributed by atoms with Gasteiger partial charge in [0.25, 0.3) is 0 Å². The van der Waals surface area contributed by atoms with Gasteiger partial charge in [-0.3, -0.25) is 9.59 Å². The number of hydrogen-bond donors (Lipinski definition) is 1. The SMILES string of the molecule is Cc1ncc(CN2C(=O)C(C)(C)NC(=O)C2C(C)C)s1. The first-order valence-electron chi connectivity index (χ1n) is 6.77. The summed E-state index contributed by atoms with van der Waals surface area (Å²) in [6.07, 6.45) is 1.78. The van der Waals surface area contributed by atoms with Gasteiger partial charge >= 0.3 is 0 Å². The lowest BCUT2D eigenvalue weighted by atomic mass is 9.91. The van der Waals surface area contributed by atoms with E-state index in [0.29, 0.717) is 6.54 Å². The molecule has 1 atom stereocenters. The Morgan fingerprint density at radius 1 is 1.45 bits per heavy atom. The molecule has 1 unspecified atom stereocenters. The number of thiazole rings is 1. The molecule has 0 radical (unpaired) electrons. The molecular formula is C14H21N3O2S. The highest BCUT2D eigenvalue weighted by Gasteiger charge is 2.46. The van der Waals surface area contributed by atoms with Crippen LogP contribution in [0.4, 0.5) is 0 Å². The van der Waals surface area contributed by atoms with Crippen LogP contribution in [0, 0.1) is 12.8 Å². The molecule has 1 aromatic rings. The molecule has 0 aliphatic carbocycles. The highest BCUT2D eigenvalue weighted by molar-refractivity contribution is 7.11. The van der Waals surface area contributed by atoms with Gasteiger partial charge in [-0.05, 0) is 26.7 Å². The van der Waals surface area contributed by atoms with E-state index in [1.165, 1.54) is 0 Å². The maximum Gasteiger partial charge on any atom is 0.248 e.